The zero-order chi connectivity index (χ0) is 30.2. The van der Waals surface area contributed by atoms with E-state index < -0.39 is 62.6 Å². The number of hydrogen-bond donors (Lipinski definition) is 1. The molecule has 4 rings (SSSR count). The molecule has 3 aromatic carbocycles. The van der Waals surface area contributed by atoms with Crippen LogP contribution in [0.5, 0.6) is 5.75 Å². The summed E-state index contributed by atoms with van der Waals surface area (Å²) in [7, 11) is -6.75. The van der Waals surface area contributed by atoms with Crippen LogP contribution >= 0.6 is 0 Å². The van der Waals surface area contributed by atoms with Crippen molar-refractivity contribution < 1.29 is 49.5 Å². The van der Waals surface area contributed by atoms with Gasteiger partial charge in [0.05, 0.1) is 10.9 Å². The first kappa shape index (κ1) is 31.0. The SMILES string of the molecule is CC(C)C1OC(C)(c2ccc([S+](c3ccccc3)c3ccc(OC(=O)C(F)(F)S(=O)(=O)O)cc3)cc2)OCC1(F)F. The molecule has 0 aliphatic carbocycles. The number of rotatable bonds is 8. The van der Waals surface area contributed by atoms with Gasteiger partial charge in [0.1, 0.15) is 18.5 Å². The molecule has 0 bridgehead atoms. The molecule has 3 aromatic rings. The third-order valence-electron chi connectivity index (χ3n) is 6.34. The highest BCUT2D eigenvalue weighted by molar-refractivity contribution is 7.97. The minimum atomic E-state index is -6.01. The molecule has 13 heteroatoms. The quantitative estimate of drug-likeness (QED) is 0.108. The number of ether oxygens (including phenoxy) is 3. The smallest absolute Gasteiger partial charge is 0.421 e. The molecule has 0 spiro atoms. The van der Waals surface area contributed by atoms with E-state index in [0.717, 1.165) is 9.79 Å². The van der Waals surface area contributed by atoms with Crippen LogP contribution in [0.2, 0.25) is 0 Å². The minimum Gasteiger partial charge on any atom is -0.421 e. The maximum atomic E-state index is 14.4. The Kier molecular flexibility index (Phi) is 8.59. The van der Waals surface area contributed by atoms with Gasteiger partial charge in [-0.3, -0.25) is 4.55 Å². The fourth-order valence-corrected chi connectivity index (χ4v) is 6.54. The zero-order valence-electron chi connectivity index (χ0n) is 22.1. The highest BCUT2D eigenvalue weighted by Crippen LogP contribution is 2.42. The highest BCUT2D eigenvalue weighted by atomic mass is 32.2. The average molecular weight is 616 g/mol. The monoisotopic (exact) mass is 615 g/mol. The largest absolute Gasteiger partial charge is 0.466 e. The van der Waals surface area contributed by atoms with Gasteiger partial charge in [0.25, 0.3) is 5.92 Å². The Morgan fingerprint density at radius 3 is 2.00 bits per heavy atom. The number of carbonyl (C=O) groups is 1. The van der Waals surface area contributed by atoms with Crippen molar-refractivity contribution in [3.05, 3.63) is 84.4 Å². The van der Waals surface area contributed by atoms with Crippen LogP contribution in [0.1, 0.15) is 26.3 Å². The molecule has 1 heterocycles. The van der Waals surface area contributed by atoms with E-state index in [2.05, 4.69) is 4.74 Å². The van der Waals surface area contributed by atoms with Gasteiger partial charge >= 0.3 is 21.3 Å². The fraction of sp³-hybridized carbons (Fsp3) is 0.321. The van der Waals surface area contributed by atoms with E-state index in [1.54, 1.807) is 45.0 Å². The fourth-order valence-electron chi connectivity index (χ4n) is 4.23. The predicted octanol–water partition coefficient (Wildman–Crippen LogP) is 6.05. The first-order valence-corrected chi connectivity index (χ1v) is 15.0. The minimum absolute atomic E-state index is 0.356. The van der Waals surface area contributed by atoms with Crippen molar-refractivity contribution in [3.8, 4) is 5.75 Å². The molecule has 0 aromatic heterocycles. The van der Waals surface area contributed by atoms with E-state index in [1.165, 1.54) is 24.3 Å². The molecular weight excluding hydrogens is 588 g/mol. The van der Waals surface area contributed by atoms with Gasteiger partial charge in [0.15, 0.2) is 20.5 Å². The summed E-state index contributed by atoms with van der Waals surface area (Å²) in [6.07, 6.45) is -1.33. The van der Waals surface area contributed by atoms with Crippen molar-refractivity contribution in [3.63, 3.8) is 0 Å². The van der Waals surface area contributed by atoms with E-state index in [0.29, 0.717) is 10.5 Å². The van der Waals surface area contributed by atoms with Crippen molar-refractivity contribution in [2.24, 2.45) is 5.92 Å². The van der Waals surface area contributed by atoms with Crippen LogP contribution in [0.4, 0.5) is 17.6 Å². The second kappa shape index (κ2) is 11.4. The molecule has 1 fully saturated rings. The Balaban J connectivity index is 1.62. The van der Waals surface area contributed by atoms with Crippen molar-refractivity contribution in [1.82, 2.24) is 0 Å². The lowest BCUT2D eigenvalue weighted by molar-refractivity contribution is -0.368. The maximum absolute atomic E-state index is 14.4. The second-order valence-electron chi connectivity index (χ2n) is 9.77. The number of alkyl halides is 4. The van der Waals surface area contributed by atoms with Gasteiger partial charge in [-0.2, -0.15) is 17.2 Å². The molecule has 0 saturated carbocycles. The average Bonchev–Trinajstić information content (AvgIpc) is 2.91. The number of benzene rings is 3. The molecule has 41 heavy (non-hydrogen) atoms. The normalized spacial score (nSPS) is 21.8. The van der Waals surface area contributed by atoms with Crippen LogP contribution in [0.3, 0.4) is 0 Å². The molecule has 7 nitrogen and oxygen atoms in total. The highest BCUT2D eigenvalue weighted by Gasteiger charge is 2.55. The van der Waals surface area contributed by atoms with Crippen LogP contribution < -0.4 is 4.74 Å². The van der Waals surface area contributed by atoms with Crippen molar-refractivity contribution >= 4 is 27.0 Å². The Hall–Kier alpha value is -2.97. The van der Waals surface area contributed by atoms with Gasteiger partial charge in [-0.05, 0) is 73.5 Å². The first-order valence-electron chi connectivity index (χ1n) is 12.3. The Morgan fingerprint density at radius 2 is 1.49 bits per heavy atom. The number of hydrogen-bond acceptors (Lipinski definition) is 6. The van der Waals surface area contributed by atoms with Gasteiger partial charge < -0.3 is 14.2 Å². The van der Waals surface area contributed by atoms with Crippen LogP contribution in [-0.4, -0.2) is 42.8 Å². The summed E-state index contributed by atoms with van der Waals surface area (Å²) < 4.78 is 102. The van der Waals surface area contributed by atoms with Gasteiger partial charge in [-0.15, -0.1) is 0 Å². The maximum Gasteiger partial charge on any atom is 0.466 e. The third kappa shape index (κ3) is 6.44. The van der Waals surface area contributed by atoms with Crippen LogP contribution in [0.25, 0.3) is 0 Å². The second-order valence-corrected chi connectivity index (χ2v) is 13.3. The number of carbonyl (C=O) groups excluding carboxylic acids is 1. The number of esters is 1. The Labute approximate surface area is 237 Å². The molecular formula is C28H27F4O7S2+. The molecule has 3 atom stereocenters. The third-order valence-corrected chi connectivity index (χ3v) is 9.38. The van der Waals surface area contributed by atoms with E-state index in [9.17, 15) is 30.8 Å². The molecule has 1 aliphatic rings. The molecule has 3 unspecified atom stereocenters. The lowest BCUT2D eigenvalue weighted by atomic mass is 9.97. The van der Waals surface area contributed by atoms with Gasteiger partial charge in [0, 0.05) is 5.56 Å². The molecule has 1 N–H and O–H groups in total. The Bertz CT molecular complexity index is 1480. The van der Waals surface area contributed by atoms with Crippen LogP contribution in [-0.2, 0) is 41.1 Å². The molecule has 1 aliphatic heterocycles. The van der Waals surface area contributed by atoms with Gasteiger partial charge in [-0.25, -0.2) is 13.6 Å². The van der Waals surface area contributed by atoms with Crippen LogP contribution in [0.15, 0.2) is 93.5 Å². The van der Waals surface area contributed by atoms with E-state index in [4.69, 9.17) is 14.0 Å². The summed E-state index contributed by atoms with van der Waals surface area (Å²) in [6.45, 7) is 4.13. The molecule has 0 amide bonds. The lowest BCUT2D eigenvalue weighted by Crippen LogP contribution is -2.54. The summed E-state index contributed by atoms with van der Waals surface area (Å²) in [4.78, 5) is 14.0. The zero-order valence-corrected chi connectivity index (χ0v) is 23.7. The topological polar surface area (TPSA) is 99.1 Å². The predicted molar refractivity (Wildman–Crippen MR) is 142 cm³/mol. The summed E-state index contributed by atoms with van der Waals surface area (Å²) in [6, 6.07) is 21.9. The number of halogens is 4. The Morgan fingerprint density at radius 1 is 0.976 bits per heavy atom. The van der Waals surface area contributed by atoms with E-state index in [1.807, 2.05) is 30.3 Å². The standard InChI is InChI=1S/C28H26F4O7S2/c1-18(2)24-27(29,30)17-37-26(3,39-24)19-9-13-22(14-10-19)40(21-7-5-4-6-8-21)23-15-11-20(12-16-23)38-25(33)28(31,32)41(34,35)36/h4-16,18,24H,17H2,1-3H3/p+1. The summed E-state index contributed by atoms with van der Waals surface area (Å²) >= 11 is 0. The first-order chi connectivity index (χ1) is 19.0. The van der Waals surface area contributed by atoms with Crippen LogP contribution in [0, 0.1) is 5.92 Å². The van der Waals surface area contributed by atoms with Crippen molar-refractivity contribution in [2.45, 2.75) is 58.5 Å². The van der Waals surface area contributed by atoms with E-state index in [-0.39, 0.29) is 5.75 Å². The van der Waals surface area contributed by atoms with E-state index >= 15 is 0 Å². The molecule has 1 saturated heterocycles. The lowest BCUT2D eigenvalue weighted by Gasteiger charge is -2.44. The summed E-state index contributed by atoms with van der Waals surface area (Å²) in [5.74, 6) is -7.77. The van der Waals surface area contributed by atoms with Gasteiger partial charge in [0.2, 0.25) is 0 Å². The molecule has 0 radical (unpaired) electrons. The van der Waals surface area contributed by atoms with Gasteiger partial charge in [-0.1, -0.05) is 32.0 Å². The molecule has 220 valence electrons. The summed E-state index contributed by atoms with van der Waals surface area (Å²) in [5, 5.41) is -5.13. The van der Waals surface area contributed by atoms with Crippen molar-refractivity contribution in [2.75, 3.05) is 6.61 Å². The van der Waals surface area contributed by atoms with Crippen molar-refractivity contribution in [1.29, 1.82) is 0 Å². The summed E-state index contributed by atoms with van der Waals surface area (Å²) in [5.41, 5.74) is 0.543.